The molecule has 2 N–H and O–H groups in total. The molecule has 3 aromatic carbocycles. The van der Waals surface area contributed by atoms with E-state index in [2.05, 4.69) is 0 Å². The first-order chi connectivity index (χ1) is 16.4. The average molecular weight is 465 g/mol. The number of hydrogen-bond donors (Lipinski definition) is 2. The van der Waals surface area contributed by atoms with Gasteiger partial charge < -0.3 is 24.4 Å². The highest BCUT2D eigenvalue weighted by molar-refractivity contribution is 5.70. The van der Waals surface area contributed by atoms with E-state index in [1.165, 1.54) is 0 Å². The fraction of sp³-hybridized carbons (Fsp3) is 0.321. The first-order valence-corrected chi connectivity index (χ1v) is 11.3. The van der Waals surface area contributed by atoms with Crippen molar-refractivity contribution in [2.75, 3.05) is 20.8 Å². The van der Waals surface area contributed by atoms with Gasteiger partial charge in [0.1, 0.15) is 17.2 Å². The van der Waals surface area contributed by atoms with Crippen LogP contribution in [0, 0.1) is 12.8 Å². The molecule has 0 saturated heterocycles. The lowest BCUT2D eigenvalue weighted by molar-refractivity contribution is -0.136. The largest absolute Gasteiger partial charge is 0.496 e. The van der Waals surface area contributed by atoms with E-state index in [0.29, 0.717) is 36.5 Å². The Balaban J connectivity index is 1.82. The Hall–Kier alpha value is -3.51. The van der Waals surface area contributed by atoms with Crippen molar-refractivity contribution in [3.8, 4) is 17.2 Å². The number of benzene rings is 3. The van der Waals surface area contributed by atoms with Crippen LogP contribution >= 0.6 is 0 Å². The second kappa shape index (κ2) is 12.1. The van der Waals surface area contributed by atoms with E-state index in [4.69, 9.17) is 19.3 Å². The highest BCUT2D eigenvalue weighted by Gasteiger charge is 2.24. The Kier molecular flexibility index (Phi) is 8.93. The molecule has 2 unspecified atom stereocenters. The van der Waals surface area contributed by atoms with Crippen LogP contribution in [0.4, 0.5) is 0 Å². The van der Waals surface area contributed by atoms with E-state index in [-0.39, 0.29) is 12.3 Å². The van der Waals surface area contributed by atoms with Crippen molar-refractivity contribution in [3.05, 3.63) is 89.0 Å². The number of aliphatic hydroxyl groups excluding tert-OH is 1. The van der Waals surface area contributed by atoms with Crippen molar-refractivity contribution in [1.82, 2.24) is 0 Å². The highest BCUT2D eigenvalue weighted by atomic mass is 16.5. The minimum absolute atomic E-state index is 0.0137. The van der Waals surface area contributed by atoms with Crippen molar-refractivity contribution in [1.29, 1.82) is 0 Å². The zero-order chi connectivity index (χ0) is 24.5. The van der Waals surface area contributed by atoms with Gasteiger partial charge >= 0.3 is 5.97 Å². The van der Waals surface area contributed by atoms with Gasteiger partial charge in [-0.05, 0) is 66.6 Å². The van der Waals surface area contributed by atoms with Gasteiger partial charge in [-0.2, -0.15) is 0 Å². The summed E-state index contributed by atoms with van der Waals surface area (Å²) in [6, 6.07) is 20.8. The van der Waals surface area contributed by atoms with Crippen LogP contribution in [-0.2, 0) is 17.6 Å². The first-order valence-electron chi connectivity index (χ1n) is 11.3. The maximum absolute atomic E-state index is 11.4. The molecule has 0 fully saturated rings. The van der Waals surface area contributed by atoms with E-state index < -0.39 is 12.1 Å². The molecule has 6 heteroatoms. The van der Waals surface area contributed by atoms with Crippen molar-refractivity contribution in [2.24, 2.45) is 5.92 Å². The van der Waals surface area contributed by atoms with Crippen LogP contribution in [-0.4, -0.2) is 37.0 Å². The lowest BCUT2D eigenvalue weighted by Crippen LogP contribution is -2.19. The van der Waals surface area contributed by atoms with E-state index in [1.807, 2.05) is 73.7 Å². The van der Waals surface area contributed by atoms with Crippen molar-refractivity contribution in [3.63, 3.8) is 0 Å². The number of carbonyl (C=O) groups is 1. The van der Waals surface area contributed by atoms with Crippen molar-refractivity contribution >= 4 is 5.97 Å². The van der Waals surface area contributed by atoms with Crippen LogP contribution in [0.1, 0.15) is 34.8 Å². The molecule has 3 rings (SSSR count). The quantitative estimate of drug-likeness (QED) is 0.392. The molecule has 2 atom stereocenters. The molecule has 34 heavy (non-hydrogen) atoms. The number of methoxy groups -OCH3 is 2. The molecule has 3 aromatic rings. The fourth-order valence-electron chi connectivity index (χ4n) is 4.04. The number of hydrogen-bond acceptors (Lipinski definition) is 5. The third-order valence-corrected chi connectivity index (χ3v) is 5.94. The zero-order valence-corrected chi connectivity index (χ0v) is 19.9. The minimum atomic E-state index is -0.860. The summed E-state index contributed by atoms with van der Waals surface area (Å²) in [5.74, 6) is 1.09. The number of ether oxygens (including phenoxy) is 3. The predicted molar refractivity (Wildman–Crippen MR) is 131 cm³/mol. The first kappa shape index (κ1) is 25.1. The molecule has 0 heterocycles. The summed E-state index contributed by atoms with van der Waals surface area (Å²) in [7, 11) is 3.20. The van der Waals surface area contributed by atoms with Gasteiger partial charge in [0.05, 0.1) is 33.4 Å². The monoisotopic (exact) mass is 464 g/mol. The molecular formula is C28H32O6. The average Bonchev–Trinajstić information content (AvgIpc) is 2.84. The van der Waals surface area contributed by atoms with E-state index in [1.54, 1.807) is 14.2 Å². The smallest absolute Gasteiger partial charge is 0.307 e. The van der Waals surface area contributed by atoms with Crippen molar-refractivity contribution in [2.45, 2.75) is 32.3 Å². The Morgan fingerprint density at radius 2 is 1.50 bits per heavy atom. The Bertz CT molecular complexity index is 1040. The summed E-state index contributed by atoms with van der Waals surface area (Å²) in [5, 5.41) is 20.4. The standard InChI is InChI=1S/C28H32O6/c1-19-25(32-2)17-23(18-26(19)33-3)28(31)22(13-14-34-24-7-5-4-6-8-24)15-20-9-11-21(12-10-20)16-27(29)30/h4-12,17-18,22,28,31H,13-16H2,1-3H3,(H,29,30). The second-order valence-corrected chi connectivity index (χ2v) is 8.30. The lowest BCUT2D eigenvalue weighted by atomic mass is 9.86. The van der Waals surface area contributed by atoms with E-state index >= 15 is 0 Å². The molecule has 0 aliphatic heterocycles. The second-order valence-electron chi connectivity index (χ2n) is 8.30. The van der Waals surface area contributed by atoms with Gasteiger partial charge in [-0.15, -0.1) is 0 Å². The number of aliphatic hydroxyl groups is 1. The molecule has 0 aliphatic rings. The summed E-state index contributed by atoms with van der Waals surface area (Å²) in [4.78, 5) is 11.0. The van der Waals surface area contributed by atoms with Gasteiger partial charge in [0.2, 0.25) is 0 Å². The van der Waals surface area contributed by atoms with Crippen molar-refractivity contribution < 1.29 is 29.2 Å². The molecule has 0 spiro atoms. The third kappa shape index (κ3) is 6.75. The maximum Gasteiger partial charge on any atom is 0.307 e. The summed E-state index contributed by atoms with van der Waals surface area (Å²) in [6.45, 7) is 2.36. The summed E-state index contributed by atoms with van der Waals surface area (Å²) in [6.07, 6.45) is 0.429. The molecular weight excluding hydrogens is 432 g/mol. The predicted octanol–water partition coefficient (Wildman–Crippen LogP) is 5.00. The van der Waals surface area contributed by atoms with E-state index in [9.17, 15) is 9.90 Å². The number of rotatable bonds is 12. The number of para-hydroxylation sites is 1. The molecule has 0 radical (unpaired) electrons. The molecule has 0 saturated carbocycles. The van der Waals surface area contributed by atoms with Gasteiger partial charge in [0.15, 0.2) is 0 Å². The Labute approximate surface area is 200 Å². The summed E-state index contributed by atoms with van der Waals surface area (Å²) >= 11 is 0. The topological polar surface area (TPSA) is 85.2 Å². The van der Waals surface area contributed by atoms with Gasteiger partial charge in [0.25, 0.3) is 0 Å². The van der Waals surface area contributed by atoms with Gasteiger partial charge in [-0.25, -0.2) is 0 Å². The SMILES string of the molecule is COc1cc(C(O)C(CCOc2ccccc2)Cc2ccc(CC(=O)O)cc2)cc(OC)c1C. The van der Waals surface area contributed by atoms with Gasteiger partial charge in [-0.3, -0.25) is 4.79 Å². The fourth-order valence-corrected chi connectivity index (χ4v) is 4.04. The maximum atomic E-state index is 11.4. The summed E-state index contributed by atoms with van der Waals surface area (Å²) < 4.78 is 16.9. The number of carboxylic acid groups (broad SMARTS) is 1. The van der Waals surface area contributed by atoms with Crippen LogP contribution in [0.2, 0.25) is 0 Å². The van der Waals surface area contributed by atoms with Crippen LogP contribution in [0.25, 0.3) is 0 Å². The van der Waals surface area contributed by atoms with Crippen LogP contribution in [0.3, 0.4) is 0 Å². The van der Waals surface area contributed by atoms with Gasteiger partial charge in [0, 0.05) is 5.56 Å². The van der Waals surface area contributed by atoms with Gasteiger partial charge in [-0.1, -0.05) is 42.5 Å². The van der Waals surface area contributed by atoms with E-state index in [0.717, 1.165) is 22.4 Å². The molecule has 6 nitrogen and oxygen atoms in total. The lowest BCUT2D eigenvalue weighted by Gasteiger charge is -2.25. The molecule has 0 bridgehead atoms. The molecule has 0 aromatic heterocycles. The van der Waals surface area contributed by atoms with Crippen LogP contribution < -0.4 is 14.2 Å². The number of carboxylic acids is 1. The Morgan fingerprint density at radius 3 is 2.06 bits per heavy atom. The van der Waals surface area contributed by atoms with Crippen LogP contribution in [0.15, 0.2) is 66.7 Å². The summed E-state index contributed by atoms with van der Waals surface area (Å²) in [5.41, 5.74) is 3.35. The molecule has 180 valence electrons. The molecule has 0 amide bonds. The highest BCUT2D eigenvalue weighted by Crippen LogP contribution is 2.36. The number of aliphatic carboxylic acids is 1. The third-order valence-electron chi connectivity index (χ3n) is 5.94. The van der Waals surface area contributed by atoms with Crippen LogP contribution in [0.5, 0.6) is 17.2 Å². The molecule has 0 aliphatic carbocycles. The Morgan fingerprint density at radius 1 is 0.912 bits per heavy atom. The zero-order valence-electron chi connectivity index (χ0n) is 19.9. The normalized spacial score (nSPS) is 12.6. The minimum Gasteiger partial charge on any atom is -0.496 e.